The number of benzene rings is 1. The summed E-state index contributed by atoms with van der Waals surface area (Å²) in [5, 5.41) is 3.97. The van der Waals surface area contributed by atoms with Crippen LogP contribution >= 0.6 is 11.8 Å². The summed E-state index contributed by atoms with van der Waals surface area (Å²) in [6.45, 7) is 3.93. The molecule has 0 saturated heterocycles. The quantitative estimate of drug-likeness (QED) is 0.630. The average molecular weight is 314 g/mol. The Kier molecular flexibility index (Phi) is 4.63. The number of rotatable bonds is 6. The molecule has 0 unspecified atom stereocenters. The van der Waals surface area contributed by atoms with E-state index in [2.05, 4.69) is 10.1 Å². The highest BCUT2D eigenvalue weighted by Gasteiger charge is 2.09. The number of hydrogen-bond donors (Lipinski definition) is 0. The van der Waals surface area contributed by atoms with Crippen LogP contribution < -0.4 is 0 Å². The van der Waals surface area contributed by atoms with Crippen molar-refractivity contribution in [1.29, 1.82) is 0 Å². The third kappa shape index (κ3) is 3.42. The number of hydrogen-bond acceptors (Lipinski definition) is 5. The zero-order valence-corrected chi connectivity index (χ0v) is 13.5. The molecule has 0 atom stereocenters. The fraction of sp³-hybridized carbons (Fsp3) is 0.294. The highest BCUT2D eigenvalue weighted by Crippen LogP contribution is 2.22. The molecule has 0 fully saturated rings. The molecule has 0 amide bonds. The fourth-order valence-corrected chi connectivity index (χ4v) is 3.28. The lowest BCUT2D eigenvalue weighted by molar-refractivity contribution is 0.392. The van der Waals surface area contributed by atoms with Crippen LogP contribution in [-0.2, 0) is 12.2 Å². The Hall–Kier alpha value is -2.01. The van der Waals surface area contributed by atoms with E-state index in [1.807, 2.05) is 55.9 Å². The van der Waals surface area contributed by atoms with E-state index in [4.69, 9.17) is 8.94 Å². The highest BCUT2D eigenvalue weighted by molar-refractivity contribution is 7.98. The molecule has 3 aromatic rings. The van der Waals surface area contributed by atoms with Crippen LogP contribution in [0.15, 0.2) is 45.5 Å². The van der Waals surface area contributed by atoms with Crippen LogP contribution in [0.3, 0.4) is 0 Å². The Morgan fingerprint density at radius 3 is 2.68 bits per heavy atom. The molecule has 0 aliphatic carbocycles. The molecule has 2 heterocycles. The van der Waals surface area contributed by atoms with Crippen LogP contribution in [0, 0.1) is 13.8 Å². The van der Waals surface area contributed by atoms with E-state index in [1.165, 1.54) is 5.56 Å². The molecule has 114 valence electrons. The molecule has 0 aliphatic heterocycles. The van der Waals surface area contributed by atoms with Gasteiger partial charge in [0.05, 0.1) is 11.9 Å². The summed E-state index contributed by atoms with van der Waals surface area (Å²) in [6.07, 6.45) is 2.62. The van der Waals surface area contributed by atoms with Gasteiger partial charge in [0, 0.05) is 29.1 Å². The number of oxazole rings is 1. The molecule has 2 aromatic heterocycles. The maximum absolute atomic E-state index is 5.80. The number of aromatic nitrogens is 2. The summed E-state index contributed by atoms with van der Waals surface area (Å²) < 4.78 is 11.0. The Bertz CT molecular complexity index is 715. The third-order valence-corrected chi connectivity index (χ3v) is 4.49. The van der Waals surface area contributed by atoms with Gasteiger partial charge in [0.25, 0.3) is 0 Å². The van der Waals surface area contributed by atoms with Crippen molar-refractivity contribution in [2.45, 2.75) is 26.0 Å². The summed E-state index contributed by atoms with van der Waals surface area (Å²) in [6, 6.07) is 10.0. The molecule has 3 rings (SSSR count). The van der Waals surface area contributed by atoms with Crippen molar-refractivity contribution < 1.29 is 8.94 Å². The minimum absolute atomic E-state index is 0.783. The molecule has 0 bridgehead atoms. The lowest BCUT2D eigenvalue weighted by Crippen LogP contribution is -1.91. The molecule has 22 heavy (non-hydrogen) atoms. The first-order chi connectivity index (χ1) is 10.7. The predicted molar refractivity (Wildman–Crippen MR) is 87.8 cm³/mol. The average Bonchev–Trinajstić information content (AvgIpc) is 3.13. The van der Waals surface area contributed by atoms with E-state index >= 15 is 0 Å². The lowest BCUT2D eigenvalue weighted by atomic mass is 10.2. The Morgan fingerprint density at radius 1 is 1.14 bits per heavy atom. The SMILES string of the molecule is Cc1noc(C)c1CSCCc1ncc(-c2ccccc2)o1. The Labute approximate surface area is 133 Å². The van der Waals surface area contributed by atoms with Crippen molar-refractivity contribution >= 4 is 11.8 Å². The Balaban J connectivity index is 1.52. The Morgan fingerprint density at radius 2 is 1.95 bits per heavy atom. The van der Waals surface area contributed by atoms with E-state index in [9.17, 15) is 0 Å². The first-order valence-corrected chi connectivity index (χ1v) is 8.39. The van der Waals surface area contributed by atoms with Gasteiger partial charge in [0.15, 0.2) is 11.7 Å². The normalized spacial score (nSPS) is 11.0. The van der Waals surface area contributed by atoms with E-state index in [1.54, 1.807) is 6.20 Å². The molecule has 0 radical (unpaired) electrons. The van der Waals surface area contributed by atoms with E-state index in [-0.39, 0.29) is 0 Å². The predicted octanol–water partition coefficient (Wildman–Crippen LogP) is 4.42. The van der Waals surface area contributed by atoms with E-state index in [0.717, 1.165) is 46.6 Å². The summed E-state index contributed by atoms with van der Waals surface area (Å²) in [7, 11) is 0. The molecule has 0 saturated carbocycles. The smallest absolute Gasteiger partial charge is 0.195 e. The van der Waals surface area contributed by atoms with Gasteiger partial charge in [-0.05, 0) is 13.8 Å². The van der Waals surface area contributed by atoms with Crippen LogP contribution in [-0.4, -0.2) is 15.9 Å². The molecule has 0 aliphatic rings. The largest absolute Gasteiger partial charge is 0.441 e. The molecular formula is C17H18N2O2S. The van der Waals surface area contributed by atoms with Crippen molar-refractivity contribution in [2.75, 3.05) is 5.75 Å². The molecule has 1 aromatic carbocycles. The monoisotopic (exact) mass is 314 g/mol. The van der Waals surface area contributed by atoms with Crippen LogP contribution in [0.1, 0.15) is 22.9 Å². The zero-order chi connectivity index (χ0) is 15.4. The van der Waals surface area contributed by atoms with Crippen LogP contribution in [0.25, 0.3) is 11.3 Å². The summed E-state index contributed by atoms with van der Waals surface area (Å²) in [4.78, 5) is 4.35. The zero-order valence-electron chi connectivity index (χ0n) is 12.7. The third-order valence-electron chi connectivity index (χ3n) is 3.50. The second-order valence-electron chi connectivity index (χ2n) is 5.09. The number of nitrogens with zero attached hydrogens (tertiary/aromatic N) is 2. The summed E-state index contributed by atoms with van der Waals surface area (Å²) >= 11 is 1.84. The lowest BCUT2D eigenvalue weighted by Gasteiger charge is -1.99. The molecule has 0 spiro atoms. The van der Waals surface area contributed by atoms with Crippen molar-refractivity contribution in [1.82, 2.24) is 10.1 Å². The van der Waals surface area contributed by atoms with Gasteiger partial charge in [-0.15, -0.1) is 0 Å². The molecule has 4 nitrogen and oxygen atoms in total. The summed E-state index contributed by atoms with van der Waals surface area (Å²) in [5.74, 6) is 4.38. The van der Waals surface area contributed by atoms with Crippen molar-refractivity contribution in [3.05, 3.63) is 59.4 Å². The van der Waals surface area contributed by atoms with Crippen molar-refractivity contribution in [3.63, 3.8) is 0 Å². The molecular weight excluding hydrogens is 296 g/mol. The first-order valence-electron chi connectivity index (χ1n) is 7.23. The van der Waals surface area contributed by atoms with E-state index in [0.29, 0.717) is 0 Å². The van der Waals surface area contributed by atoms with Crippen LogP contribution in [0.2, 0.25) is 0 Å². The minimum Gasteiger partial charge on any atom is -0.441 e. The van der Waals surface area contributed by atoms with Gasteiger partial charge < -0.3 is 8.94 Å². The number of thioether (sulfide) groups is 1. The van der Waals surface area contributed by atoms with Gasteiger partial charge in [-0.3, -0.25) is 0 Å². The maximum Gasteiger partial charge on any atom is 0.195 e. The van der Waals surface area contributed by atoms with Crippen molar-refractivity contribution in [2.24, 2.45) is 0 Å². The van der Waals surface area contributed by atoms with Gasteiger partial charge in [0.1, 0.15) is 5.76 Å². The second kappa shape index (κ2) is 6.83. The number of aryl methyl sites for hydroxylation is 3. The van der Waals surface area contributed by atoms with Gasteiger partial charge >= 0.3 is 0 Å². The van der Waals surface area contributed by atoms with Crippen molar-refractivity contribution in [3.8, 4) is 11.3 Å². The van der Waals surface area contributed by atoms with Gasteiger partial charge in [0.2, 0.25) is 0 Å². The molecule has 0 N–H and O–H groups in total. The van der Waals surface area contributed by atoms with Crippen LogP contribution in [0.5, 0.6) is 0 Å². The first kappa shape index (κ1) is 14.9. The summed E-state index contributed by atoms with van der Waals surface area (Å²) in [5.41, 5.74) is 3.24. The maximum atomic E-state index is 5.80. The van der Waals surface area contributed by atoms with Crippen LogP contribution in [0.4, 0.5) is 0 Å². The second-order valence-corrected chi connectivity index (χ2v) is 6.19. The van der Waals surface area contributed by atoms with Gasteiger partial charge in [-0.2, -0.15) is 11.8 Å². The van der Waals surface area contributed by atoms with Gasteiger partial charge in [-0.25, -0.2) is 4.98 Å². The minimum atomic E-state index is 0.783. The fourth-order valence-electron chi connectivity index (χ4n) is 2.20. The highest BCUT2D eigenvalue weighted by atomic mass is 32.2. The topological polar surface area (TPSA) is 52.1 Å². The van der Waals surface area contributed by atoms with E-state index < -0.39 is 0 Å². The molecule has 5 heteroatoms. The van der Waals surface area contributed by atoms with Gasteiger partial charge in [-0.1, -0.05) is 35.5 Å². The standard InChI is InChI=1S/C17H18N2O2S/c1-12-15(13(2)21-19-12)11-22-9-8-17-18-10-16(20-17)14-6-4-3-5-7-14/h3-7,10H,8-9,11H2,1-2H3.